The lowest BCUT2D eigenvalue weighted by atomic mass is 10.1. The highest BCUT2D eigenvalue weighted by atomic mass is 35.5. The summed E-state index contributed by atoms with van der Waals surface area (Å²) in [4.78, 5) is 12.5. The maximum Gasteiger partial charge on any atom is 0.263 e. The molecule has 0 aliphatic rings. The molecule has 1 amide bonds. The van der Waals surface area contributed by atoms with Crippen LogP contribution in [0.25, 0.3) is 0 Å². The van der Waals surface area contributed by atoms with Gasteiger partial charge in [0, 0.05) is 16.3 Å². The zero-order valence-corrected chi connectivity index (χ0v) is 18.4. The third-order valence-corrected chi connectivity index (χ3v) is 6.36. The van der Waals surface area contributed by atoms with Crippen LogP contribution in [-0.2, 0) is 10.0 Å². The van der Waals surface area contributed by atoms with Crippen molar-refractivity contribution in [3.05, 3.63) is 81.8 Å². The van der Waals surface area contributed by atoms with Crippen LogP contribution in [0.2, 0.25) is 10.0 Å². The largest absolute Gasteiger partial charge is 0.495 e. The Bertz CT molecular complexity index is 1210. The van der Waals surface area contributed by atoms with Crippen LogP contribution in [0.15, 0.2) is 65.6 Å². The first kappa shape index (κ1) is 22.0. The minimum atomic E-state index is -4.08. The number of halogens is 2. The monoisotopic (exact) mass is 464 g/mol. The van der Waals surface area contributed by atoms with E-state index < -0.39 is 15.9 Å². The highest BCUT2D eigenvalue weighted by molar-refractivity contribution is 7.92. The molecule has 0 aromatic heterocycles. The summed E-state index contributed by atoms with van der Waals surface area (Å²) in [6.07, 6.45) is 0. The second-order valence-corrected chi connectivity index (χ2v) is 8.86. The van der Waals surface area contributed by atoms with Crippen molar-refractivity contribution in [2.75, 3.05) is 17.1 Å². The van der Waals surface area contributed by atoms with Crippen LogP contribution in [0, 0.1) is 6.92 Å². The van der Waals surface area contributed by atoms with Gasteiger partial charge >= 0.3 is 0 Å². The topological polar surface area (TPSA) is 84.5 Å². The van der Waals surface area contributed by atoms with Crippen LogP contribution >= 0.6 is 23.2 Å². The Morgan fingerprint density at radius 1 is 0.967 bits per heavy atom. The van der Waals surface area contributed by atoms with Crippen molar-refractivity contribution in [1.82, 2.24) is 0 Å². The Hall–Kier alpha value is -2.74. The molecule has 3 rings (SSSR count). The summed E-state index contributed by atoms with van der Waals surface area (Å²) in [6, 6.07) is 15.7. The van der Waals surface area contributed by atoms with E-state index in [0.717, 1.165) is 5.56 Å². The second-order valence-electron chi connectivity index (χ2n) is 6.36. The molecule has 0 heterocycles. The van der Waals surface area contributed by atoms with Gasteiger partial charge in [0.1, 0.15) is 10.6 Å². The molecule has 0 saturated heterocycles. The van der Waals surface area contributed by atoms with Crippen LogP contribution in [-0.4, -0.2) is 21.4 Å². The molecular formula is C21H18Cl2N2O4S. The average Bonchev–Trinajstić information content (AvgIpc) is 2.71. The van der Waals surface area contributed by atoms with Gasteiger partial charge < -0.3 is 10.1 Å². The Morgan fingerprint density at radius 2 is 1.70 bits per heavy atom. The van der Waals surface area contributed by atoms with Crippen LogP contribution in [0.3, 0.4) is 0 Å². The molecule has 3 aromatic carbocycles. The molecule has 0 saturated carbocycles. The molecule has 6 nitrogen and oxygen atoms in total. The van der Waals surface area contributed by atoms with Gasteiger partial charge in [-0.15, -0.1) is 0 Å². The number of hydrogen-bond donors (Lipinski definition) is 2. The minimum Gasteiger partial charge on any atom is -0.495 e. The zero-order chi connectivity index (χ0) is 21.9. The van der Waals surface area contributed by atoms with E-state index in [-0.39, 0.29) is 21.2 Å². The lowest BCUT2D eigenvalue weighted by Crippen LogP contribution is -2.17. The molecule has 30 heavy (non-hydrogen) atoms. The number of nitrogens with one attached hydrogen (secondary N) is 2. The van der Waals surface area contributed by atoms with Crippen molar-refractivity contribution in [3.8, 4) is 5.75 Å². The second kappa shape index (κ2) is 8.95. The smallest absolute Gasteiger partial charge is 0.263 e. The molecular weight excluding hydrogens is 447 g/mol. The zero-order valence-electron chi connectivity index (χ0n) is 16.1. The van der Waals surface area contributed by atoms with Crippen molar-refractivity contribution in [2.45, 2.75) is 11.8 Å². The van der Waals surface area contributed by atoms with Crippen molar-refractivity contribution in [2.24, 2.45) is 0 Å². The van der Waals surface area contributed by atoms with Crippen LogP contribution < -0.4 is 14.8 Å². The molecule has 2 N–H and O–H groups in total. The van der Waals surface area contributed by atoms with Gasteiger partial charge in [-0.25, -0.2) is 8.42 Å². The van der Waals surface area contributed by atoms with E-state index in [1.165, 1.54) is 25.3 Å². The summed E-state index contributed by atoms with van der Waals surface area (Å²) in [7, 11) is -2.65. The summed E-state index contributed by atoms with van der Waals surface area (Å²) >= 11 is 12.1. The summed E-state index contributed by atoms with van der Waals surface area (Å²) in [5.41, 5.74) is 1.71. The molecule has 0 atom stereocenters. The number of carbonyl (C=O) groups is 1. The fourth-order valence-electron chi connectivity index (χ4n) is 2.70. The SMILES string of the molecule is COc1ccccc1NS(=O)(=O)c1cc(C(=O)Nc2cc(Cl)ccc2C)ccc1Cl. The molecule has 0 fully saturated rings. The number of amides is 1. The fourth-order valence-corrected chi connectivity index (χ4v) is 4.47. The molecule has 0 aliphatic heterocycles. The quantitative estimate of drug-likeness (QED) is 0.513. The van der Waals surface area contributed by atoms with E-state index in [0.29, 0.717) is 16.5 Å². The van der Waals surface area contributed by atoms with E-state index in [4.69, 9.17) is 27.9 Å². The van der Waals surface area contributed by atoms with Crippen LogP contribution in [0.1, 0.15) is 15.9 Å². The number of ether oxygens (including phenoxy) is 1. The molecule has 9 heteroatoms. The van der Waals surface area contributed by atoms with Crippen molar-refractivity contribution in [1.29, 1.82) is 0 Å². The molecule has 0 radical (unpaired) electrons. The van der Waals surface area contributed by atoms with Crippen molar-refractivity contribution >= 4 is 50.5 Å². The average molecular weight is 465 g/mol. The molecule has 0 unspecified atom stereocenters. The van der Waals surface area contributed by atoms with Gasteiger partial charge in [-0.3, -0.25) is 9.52 Å². The number of hydrogen-bond acceptors (Lipinski definition) is 4. The molecule has 3 aromatic rings. The first-order valence-corrected chi connectivity index (χ1v) is 11.0. The number of rotatable bonds is 6. The highest BCUT2D eigenvalue weighted by Crippen LogP contribution is 2.30. The van der Waals surface area contributed by atoms with Crippen LogP contribution in [0.5, 0.6) is 5.75 Å². The predicted molar refractivity (Wildman–Crippen MR) is 119 cm³/mol. The summed E-state index contributed by atoms with van der Waals surface area (Å²) in [6.45, 7) is 1.82. The molecule has 0 spiro atoms. The van der Waals surface area contributed by atoms with E-state index in [1.54, 1.807) is 42.5 Å². The lowest BCUT2D eigenvalue weighted by Gasteiger charge is -2.14. The van der Waals surface area contributed by atoms with Gasteiger partial charge in [0.25, 0.3) is 15.9 Å². The summed E-state index contributed by atoms with van der Waals surface area (Å²) in [5, 5.41) is 3.18. The summed E-state index contributed by atoms with van der Waals surface area (Å²) in [5.74, 6) is -0.145. The standard InChI is InChI=1S/C21H18Cl2N2O4S/c1-13-7-9-15(22)12-18(13)24-21(26)14-8-10-16(23)20(11-14)30(27,28)25-17-5-3-4-6-19(17)29-2/h3-12,25H,1-2H3,(H,24,26). The Balaban J connectivity index is 1.92. The van der Waals surface area contributed by atoms with Gasteiger partial charge in [-0.05, 0) is 55.0 Å². The van der Waals surface area contributed by atoms with E-state index in [2.05, 4.69) is 10.0 Å². The number of para-hydroxylation sites is 2. The number of anilines is 2. The number of methoxy groups -OCH3 is 1. The molecule has 156 valence electrons. The van der Waals surface area contributed by atoms with Gasteiger partial charge in [0.2, 0.25) is 0 Å². The summed E-state index contributed by atoms with van der Waals surface area (Å²) < 4.78 is 33.5. The third kappa shape index (κ3) is 4.87. The van der Waals surface area contributed by atoms with E-state index >= 15 is 0 Å². The molecule has 0 aliphatic carbocycles. The van der Waals surface area contributed by atoms with Crippen molar-refractivity contribution < 1.29 is 17.9 Å². The highest BCUT2D eigenvalue weighted by Gasteiger charge is 2.22. The van der Waals surface area contributed by atoms with Gasteiger partial charge in [0.05, 0.1) is 17.8 Å². The van der Waals surface area contributed by atoms with E-state index in [9.17, 15) is 13.2 Å². The van der Waals surface area contributed by atoms with Crippen molar-refractivity contribution in [3.63, 3.8) is 0 Å². The molecule has 0 bridgehead atoms. The van der Waals surface area contributed by atoms with Crippen LogP contribution in [0.4, 0.5) is 11.4 Å². The number of carbonyl (C=O) groups excluding carboxylic acids is 1. The number of sulfonamides is 1. The maximum absolute atomic E-state index is 12.9. The fraction of sp³-hybridized carbons (Fsp3) is 0.0952. The van der Waals surface area contributed by atoms with E-state index in [1.807, 2.05) is 6.92 Å². The van der Waals surface area contributed by atoms with Gasteiger partial charge in [0.15, 0.2) is 0 Å². The number of benzene rings is 3. The third-order valence-electron chi connectivity index (χ3n) is 4.28. The Morgan fingerprint density at radius 3 is 2.43 bits per heavy atom. The Kier molecular flexibility index (Phi) is 6.55. The first-order chi connectivity index (χ1) is 14.2. The first-order valence-electron chi connectivity index (χ1n) is 8.74. The normalized spacial score (nSPS) is 11.1. The maximum atomic E-state index is 12.9. The minimum absolute atomic E-state index is 0.0205. The lowest BCUT2D eigenvalue weighted by molar-refractivity contribution is 0.102. The number of aryl methyl sites for hydroxylation is 1. The van der Waals surface area contributed by atoms with Gasteiger partial charge in [-0.2, -0.15) is 0 Å². The van der Waals surface area contributed by atoms with Gasteiger partial charge in [-0.1, -0.05) is 41.4 Å². The predicted octanol–water partition coefficient (Wildman–Crippen LogP) is 5.36. The Labute approximate surface area is 184 Å².